The van der Waals surface area contributed by atoms with Crippen LogP contribution in [-0.2, 0) is 16.3 Å². The summed E-state index contributed by atoms with van der Waals surface area (Å²) in [5.41, 5.74) is 0.808. The van der Waals surface area contributed by atoms with E-state index in [0.717, 1.165) is 6.42 Å². The van der Waals surface area contributed by atoms with Crippen LogP contribution in [0.15, 0.2) is 87.4 Å². The number of sulfone groups is 1. The molecular weight excluding hydrogens is 517 g/mol. The van der Waals surface area contributed by atoms with Gasteiger partial charge in [-0.15, -0.1) is 0 Å². The lowest BCUT2D eigenvalue weighted by molar-refractivity contribution is 0.358. The first kappa shape index (κ1) is 27.7. The average molecular weight is 546 g/mol. The maximum Gasteiger partial charge on any atom is 0.296 e. The summed E-state index contributed by atoms with van der Waals surface area (Å²) < 4.78 is 43.0. The second kappa shape index (κ2) is 11.6. The van der Waals surface area contributed by atoms with E-state index in [-0.39, 0.29) is 10.7 Å². The summed E-state index contributed by atoms with van der Waals surface area (Å²) in [5.74, 6) is -0.887. The predicted molar refractivity (Wildman–Crippen MR) is 146 cm³/mol. The summed E-state index contributed by atoms with van der Waals surface area (Å²) >= 11 is 0. The highest BCUT2D eigenvalue weighted by Crippen LogP contribution is 2.34. The molecule has 0 saturated heterocycles. The minimum Gasteiger partial charge on any atom is -0.493 e. The van der Waals surface area contributed by atoms with Gasteiger partial charge in [-0.05, 0) is 54.3 Å². The van der Waals surface area contributed by atoms with Crippen molar-refractivity contribution in [3.05, 3.63) is 106 Å². The molecule has 0 radical (unpaired) electrons. The summed E-state index contributed by atoms with van der Waals surface area (Å²) in [6, 6.07) is 19.9. The zero-order valence-electron chi connectivity index (χ0n) is 21.6. The molecule has 0 saturated carbocycles. The summed E-state index contributed by atoms with van der Waals surface area (Å²) in [7, 11) is -4.50. The molecule has 200 valence electrons. The zero-order valence-corrected chi connectivity index (χ0v) is 22.5. The number of aromatic nitrogens is 2. The van der Waals surface area contributed by atoms with Gasteiger partial charge < -0.3 is 5.11 Å². The van der Waals surface area contributed by atoms with Gasteiger partial charge in [0.2, 0.25) is 15.7 Å². The molecule has 3 aromatic carbocycles. The van der Waals surface area contributed by atoms with Crippen LogP contribution in [0.3, 0.4) is 0 Å². The molecule has 0 aliphatic rings. The second-order valence-corrected chi connectivity index (χ2v) is 11.0. The standard InChI is InChI=1S/C30H28FN3O4S/c1-3-5-13-27-33-29(35)28(30(36)34(27)26(4-2)22-10-8-9-20(18-22)19-32)39(37,38)23-16-14-21(15-17-23)24-11-6-7-12-25(24)31/h6-12,14-18,26,36H,3-5,13H2,1-2H3/t26-/m0/s1. The van der Waals surface area contributed by atoms with E-state index < -0.39 is 38.0 Å². The molecule has 0 unspecified atom stereocenters. The number of nitrogens with zero attached hydrogens (tertiary/aromatic N) is 3. The first-order valence-electron chi connectivity index (χ1n) is 12.7. The van der Waals surface area contributed by atoms with Gasteiger partial charge in [-0.25, -0.2) is 12.8 Å². The summed E-state index contributed by atoms with van der Waals surface area (Å²) in [6.45, 7) is 3.83. The van der Waals surface area contributed by atoms with Gasteiger partial charge in [0.25, 0.3) is 5.56 Å². The van der Waals surface area contributed by atoms with Gasteiger partial charge in [-0.2, -0.15) is 10.2 Å². The molecule has 1 N–H and O–H groups in total. The fourth-order valence-corrected chi connectivity index (χ4v) is 5.98. The molecule has 1 aromatic heterocycles. The van der Waals surface area contributed by atoms with E-state index in [1.807, 2.05) is 13.8 Å². The van der Waals surface area contributed by atoms with Crippen LogP contribution < -0.4 is 5.56 Å². The minimum absolute atomic E-state index is 0.232. The monoisotopic (exact) mass is 545 g/mol. The Morgan fingerprint density at radius 3 is 2.41 bits per heavy atom. The molecule has 1 heterocycles. The van der Waals surface area contributed by atoms with Crippen LogP contribution in [0.5, 0.6) is 5.88 Å². The maximum absolute atomic E-state index is 14.2. The number of hydrogen-bond acceptors (Lipinski definition) is 6. The van der Waals surface area contributed by atoms with Gasteiger partial charge in [0.05, 0.1) is 22.6 Å². The van der Waals surface area contributed by atoms with E-state index >= 15 is 0 Å². The molecule has 1 atom stereocenters. The van der Waals surface area contributed by atoms with Crippen molar-refractivity contribution in [2.24, 2.45) is 0 Å². The van der Waals surface area contributed by atoms with E-state index in [1.165, 1.54) is 34.9 Å². The molecular formula is C30H28FN3O4S. The van der Waals surface area contributed by atoms with Crippen LogP contribution in [-0.4, -0.2) is 23.1 Å². The molecule has 0 spiro atoms. The Bertz CT molecular complexity index is 1710. The Hall–Kier alpha value is -4.29. The summed E-state index contributed by atoms with van der Waals surface area (Å²) in [4.78, 5) is 16.2. The van der Waals surface area contributed by atoms with Crippen LogP contribution in [0.1, 0.15) is 56.1 Å². The molecule has 9 heteroatoms. The predicted octanol–water partition coefficient (Wildman–Crippen LogP) is 5.80. The van der Waals surface area contributed by atoms with Crippen LogP contribution >= 0.6 is 0 Å². The van der Waals surface area contributed by atoms with Crippen molar-refractivity contribution in [3.63, 3.8) is 0 Å². The fraction of sp³-hybridized carbons (Fsp3) is 0.233. The van der Waals surface area contributed by atoms with Gasteiger partial charge in [-0.1, -0.05) is 62.7 Å². The lowest BCUT2D eigenvalue weighted by Gasteiger charge is -2.25. The van der Waals surface area contributed by atoms with E-state index in [9.17, 15) is 28.0 Å². The number of hydrogen-bond donors (Lipinski definition) is 1. The highest BCUT2D eigenvalue weighted by molar-refractivity contribution is 7.91. The Labute approximate surface area is 226 Å². The molecule has 7 nitrogen and oxygen atoms in total. The van der Waals surface area contributed by atoms with Crippen molar-refractivity contribution >= 4 is 9.84 Å². The first-order chi connectivity index (χ1) is 18.7. The third-order valence-electron chi connectivity index (χ3n) is 6.61. The third kappa shape index (κ3) is 5.47. The average Bonchev–Trinajstić information content (AvgIpc) is 2.94. The molecule has 0 fully saturated rings. The second-order valence-electron chi connectivity index (χ2n) is 9.13. The van der Waals surface area contributed by atoms with Crippen molar-refractivity contribution in [2.75, 3.05) is 0 Å². The van der Waals surface area contributed by atoms with Crippen LogP contribution in [0.2, 0.25) is 0 Å². The SMILES string of the molecule is CCCCc1nc(=O)c(S(=O)(=O)c2ccc(-c3ccccc3F)cc2)c(O)n1[C@@H](CC)c1cccc(C#N)c1. The van der Waals surface area contributed by atoms with E-state index in [4.69, 9.17) is 0 Å². The van der Waals surface area contributed by atoms with E-state index in [1.54, 1.807) is 42.5 Å². The summed E-state index contributed by atoms with van der Waals surface area (Å²) in [5, 5.41) is 20.8. The van der Waals surface area contributed by atoms with Crippen molar-refractivity contribution in [3.8, 4) is 23.1 Å². The van der Waals surface area contributed by atoms with E-state index in [0.29, 0.717) is 41.5 Å². The summed E-state index contributed by atoms with van der Waals surface area (Å²) in [6.07, 6.45) is 2.25. The highest BCUT2D eigenvalue weighted by Gasteiger charge is 2.32. The van der Waals surface area contributed by atoms with Crippen molar-refractivity contribution in [1.29, 1.82) is 5.26 Å². The lowest BCUT2D eigenvalue weighted by Crippen LogP contribution is -2.27. The number of aryl methyl sites for hydroxylation is 1. The van der Waals surface area contributed by atoms with Crippen LogP contribution in [0.4, 0.5) is 4.39 Å². The number of rotatable bonds is 9. The Kier molecular flexibility index (Phi) is 8.27. The van der Waals surface area contributed by atoms with Crippen LogP contribution in [0.25, 0.3) is 11.1 Å². The van der Waals surface area contributed by atoms with Gasteiger partial charge >= 0.3 is 0 Å². The number of unbranched alkanes of at least 4 members (excludes halogenated alkanes) is 1. The number of aromatic hydroxyl groups is 1. The minimum atomic E-state index is -4.50. The quantitative estimate of drug-likeness (QED) is 0.284. The Morgan fingerprint density at radius 2 is 1.77 bits per heavy atom. The smallest absolute Gasteiger partial charge is 0.296 e. The highest BCUT2D eigenvalue weighted by atomic mass is 32.2. The molecule has 4 aromatic rings. The Morgan fingerprint density at radius 1 is 1.05 bits per heavy atom. The van der Waals surface area contributed by atoms with Crippen molar-refractivity contribution in [2.45, 2.75) is 55.4 Å². The topological polar surface area (TPSA) is 113 Å². The third-order valence-corrected chi connectivity index (χ3v) is 8.39. The van der Waals surface area contributed by atoms with Gasteiger partial charge in [0.1, 0.15) is 11.6 Å². The van der Waals surface area contributed by atoms with Crippen molar-refractivity contribution < 1.29 is 17.9 Å². The van der Waals surface area contributed by atoms with Gasteiger partial charge in [0.15, 0.2) is 4.90 Å². The first-order valence-corrected chi connectivity index (χ1v) is 14.2. The van der Waals surface area contributed by atoms with Gasteiger partial charge in [-0.3, -0.25) is 9.36 Å². The van der Waals surface area contributed by atoms with Crippen LogP contribution in [0, 0.1) is 17.1 Å². The lowest BCUT2D eigenvalue weighted by atomic mass is 10.0. The van der Waals surface area contributed by atoms with Gasteiger partial charge in [0, 0.05) is 12.0 Å². The molecule has 39 heavy (non-hydrogen) atoms. The number of benzene rings is 3. The normalized spacial score (nSPS) is 12.2. The fourth-order valence-electron chi connectivity index (χ4n) is 4.63. The number of nitriles is 1. The molecule has 0 aliphatic heterocycles. The molecule has 0 aliphatic carbocycles. The molecule has 0 amide bonds. The molecule has 4 rings (SSSR count). The number of halogens is 1. The largest absolute Gasteiger partial charge is 0.493 e. The van der Waals surface area contributed by atoms with E-state index in [2.05, 4.69) is 11.1 Å². The maximum atomic E-state index is 14.2. The Balaban J connectivity index is 1.88. The zero-order chi connectivity index (χ0) is 28.2. The molecule has 0 bridgehead atoms. The van der Waals surface area contributed by atoms with Crippen molar-refractivity contribution in [1.82, 2.24) is 9.55 Å².